The van der Waals surface area contributed by atoms with Crippen molar-refractivity contribution in [2.75, 3.05) is 0 Å². The lowest BCUT2D eigenvalue weighted by Crippen LogP contribution is -2.45. The van der Waals surface area contributed by atoms with Gasteiger partial charge in [0.1, 0.15) is 6.04 Å². The van der Waals surface area contributed by atoms with Crippen molar-refractivity contribution >= 4 is 11.9 Å². The Morgan fingerprint density at radius 2 is 1.88 bits per heavy atom. The zero-order valence-corrected chi connectivity index (χ0v) is 11.1. The number of rotatable bonds is 6. The second-order valence-electron chi connectivity index (χ2n) is 5.42. The SMILES string of the molecule is CCC[C@H](NC(=O)CC(N)C(C)(C)C)C(=O)O. The number of carboxylic acid groups (broad SMARTS) is 1. The molecule has 0 bridgehead atoms. The number of aliphatic carboxylic acids is 1. The number of hydrogen-bond donors (Lipinski definition) is 3. The van der Waals surface area contributed by atoms with Crippen LogP contribution in [0.4, 0.5) is 0 Å². The predicted molar refractivity (Wildman–Crippen MR) is 66.5 cm³/mol. The number of nitrogens with one attached hydrogen (secondary N) is 1. The number of carbonyl (C=O) groups is 2. The number of carbonyl (C=O) groups excluding carboxylic acids is 1. The number of amides is 1. The lowest BCUT2D eigenvalue weighted by molar-refractivity contribution is -0.142. The van der Waals surface area contributed by atoms with Crippen LogP contribution < -0.4 is 11.1 Å². The van der Waals surface area contributed by atoms with E-state index in [1.165, 1.54) is 0 Å². The van der Waals surface area contributed by atoms with Crippen molar-refractivity contribution < 1.29 is 14.7 Å². The van der Waals surface area contributed by atoms with Crippen molar-refractivity contribution in [2.45, 2.75) is 59.0 Å². The van der Waals surface area contributed by atoms with Gasteiger partial charge >= 0.3 is 5.97 Å². The van der Waals surface area contributed by atoms with E-state index >= 15 is 0 Å². The Hall–Kier alpha value is -1.10. The van der Waals surface area contributed by atoms with Gasteiger partial charge in [-0.1, -0.05) is 34.1 Å². The van der Waals surface area contributed by atoms with Crippen molar-refractivity contribution in [1.82, 2.24) is 5.32 Å². The molecule has 100 valence electrons. The van der Waals surface area contributed by atoms with E-state index in [-0.39, 0.29) is 23.8 Å². The first-order chi connectivity index (χ1) is 7.68. The first-order valence-corrected chi connectivity index (χ1v) is 5.96. The van der Waals surface area contributed by atoms with E-state index in [1.54, 1.807) is 0 Å². The number of carboxylic acids is 1. The molecule has 0 radical (unpaired) electrons. The molecule has 0 aliphatic carbocycles. The monoisotopic (exact) mass is 244 g/mol. The summed E-state index contributed by atoms with van der Waals surface area (Å²) in [6, 6.07) is -1.08. The molecular weight excluding hydrogens is 220 g/mol. The molecule has 0 saturated carbocycles. The minimum atomic E-state index is -0.996. The van der Waals surface area contributed by atoms with E-state index in [9.17, 15) is 9.59 Å². The van der Waals surface area contributed by atoms with Crippen LogP contribution in [-0.4, -0.2) is 29.1 Å². The minimum Gasteiger partial charge on any atom is -0.480 e. The van der Waals surface area contributed by atoms with Gasteiger partial charge in [-0.05, 0) is 11.8 Å². The molecule has 0 fully saturated rings. The summed E-state index contributed by atoms with van der Waals surface area (Å²) in [7, 11) is 0. The van der Waals surface area contributed by atoms with Crippen LogP contribution in [-0.2, 0) is 9.59 Å². The van der Waals surface area contributed by atoms with Gasteiger partial charge in [-0.3, -0.25) is 4.79 Å². The molecule has 4 N–H and O–H groups in total. The third kappa shape index (κ3) is 6.26. The highest BCUT2D eigenvalue weighted by atomic mass is 16.4. The van der Waals surface area contributed by atoms with Gasteiger partial charge in [0.25, 0.3) is 0 Å². The fourth-order valence-corrected chi connectivity index (χ4v) is 1.31. The Morgan fingerprint density at radius 1 is 1.35 bits per heavy atom. The number of hydrogen-bond acceptors (Lipinski definition) is 3. The molecule has 0 spiro atoms. The molecular formula is C12H24N2O3. The van der Waals surface area contributed by atoms with E-state index in [1.807, 2.05) is 27.7 Å². The fraction of sp³-hybridized carbons (Fsp3) is 0.833. The molecule has 0 heterocycles. The summed E-state index contributed by atoms with van der Waals surface area (Å²) in [4.78, 5) is 22.5. The topological polar surface area (TPSA) is 92.4 Å². The van der Waals surface area contributed by atoms with Gasteiger partial charge in [0, 0.05) is 12.5 Å². The van der Waals surface area contributed by atoms with Crippen LogP contribution in [0.2, 0.25) is 0 Å². The maximum atomic E-state index is 11.6. The van der Waals surface area contributed by atoms with E-state index in [2.05, 4.69) is 5.32 Å². The van der Waals surface area contributed by atoms with Crippen LogP contribution in [0.3, 0.4) is 0 Å². The van der Waals surface area contributed by atoms with Gasteiger partial charge in [0.15, 0.2) is 0 Å². The van der Waals surface area contributed by atoms with Gasteiger partial charge in [0.2, 0.25) is 5.91 Å². The maximum absolute atomic E-state index is 11.6. The Labute approximate surface area is 103 Å². The van der Waals surface area contributed by atoms with Crippen molar-refractivity contribution in [3.8, 4) is 0 Å². The lowest BCUT2D eigenvalue weighted by Gasteiger charge is -2.27. The Balaban J connectivity index is 4.29. The second-order valence-corrected chi connectivity index (χ2v) is 5.42. The summed E-state index contributed by atoms with van der Waals surface area (Å²) < 4.78 is 0. The van der Waals surface area contributed by atoms with Crippen LogP contribution in [0.1, 0.15) is 47.0 Å². The third-order valence-corrected chi connectivity index (χ3v) is 2.73. The van der Waals surface area contributed by atoms with Crippen LogP contribution in [0.5, 0.6) is 0 Å². The molecule has 0 aromatic heterocycles. The summed E-state index contributed by atoms with van der Waals surface area (Å²) in [5, 5.41) is 11.4. The van der Waals surface area contributed by atoms with Crippen LogP contribution in [0.25, 0.3) is 0 Å². The van der Waals surface area contributed by atoms with E-state index in [0.717, 1.165) is 0 Å². The highest BCUT2D eigenvalue weighted by molar-refractivity contribution is 5.83. The predicted octanol–water partition coefficient (Wildman–Crippen LogP) is 1.12. The van der Waals surface area contributed by atoms with E-state index in [0.29, 0.717) is 12.8 Å². The first kappa shape index (κ1) is 15.9. The quantitative estimate of drug-likeness (QED) is 0.652. The molecule has 1 amide bonds. The standard InChI is InChI=1S/C12H24N2O3/c1-5-6-8(11(16)17)14-10(15)7-9(13)12(2,3)4/h8-9H,5-7,13H2,1-4H3,(H,14,15)(H,16,17)/t8-,9?/m0/s1. The zero-order chi connectivity index (χ0) is 13.6. The molecule has 5 nitrogen and oxygen atoms in total. The normalized spacial score (nSPS) is 15.1. The van der Waals surface area contributed by atoms with E-state index < -0.39 is 12.0 Å². The molecule has 0 aromatic carbocycles. The third-order valence-electron chi connectivity index (χ3n) is 2.73. The van der Waals surface area contributed by atoms with Crippen molar-refractivity contribution in [3.05, 3.63) is 0 Å². The average Bonchev–Trinajstić information content (AvgIpc) is 2.15. The highest BCUT2D eigenvalue weighted by Gasteiger charge is 2.25. The van der Waals surface area contributed by atoms with Gasteiger partial charge in [-0.15, -0.1) is 0 Å². The largest absolute Gasteiger partial charge is 0.480 e. The molecule has 17 heavy (non-hydrogen) atoms. The van der Waals surface area contributed by atoms with Gasteiger partial charge < -0.3 is 16.2 Å². The van der Waals surface area contributed by atoms with Crippen LogP contribution in [0.15, 0.2) is 0 Å². The second kappa shape index (κ2) is 6.59. The van der Waals surface area contributed by atoms with Gasteiger partial charge in [0.05, 0.1) is 0 Å². The van der Waals surface area contributed by atoms with Gasteiger partial charge in [-0.25, -0.2) is 4.79 Å². The first-order valence-electron chi connectivity index (χ1n) is 5.96. The fourth-order valence-electron chi connectivity index (χ4n) is 1.31. The Bertz CT molecular complexity index is 271. The molecule has 0 rings (SSSR count). The molecule has 0 aliphatic heterocycles. The lowest BCUT2D eigenvalue weighted by atomic mass is 9.85. The summed E-state index contributed by atoms with van der Waals surface area (Å²) in [6.07, 6.45) is 1.30. The Kier molecular flexibility index (Phi) is 6.16. The highest BCUT2D eigenvalue weighted by Crippen LogP contribution is 2.19. The summed E-state index contributed by atoms with van der Waals surface area (Å²) >= 11 is 0. The number of nitrogens with two attached hydrogens (primary N) is 1. The minimum absolute atomic E-state index is 0.150. The molecule has 0 aliphatic rings. The molecule has 0 aromatic rings. The van der Waals surface area contributed by atoms with E-state index in [4.69, 9.17) is 10.8 Å². The summed E-state index contributed by atoms with van der Waals surface area (Å²) in [5.41, 5.74) is 5.70. The summed E-state index contributed by atoms with van der Waals surface area (Å²) in [6.45, 7) is 7.73. The van der Waals surface area contributed by atoms with Crippen molar-refractivity contribution in [2.24, 2.45) is 11.1 Å². The zero-order valence-electron chi connectivity index (χ0n) is 11.1. The molecule has 5 heteroatoms. The molecule has 1 unspecified atom stereocenters. The molecule has 0 saturated heterocycles. The molecule has 2 atom stereocenters. The summed E-state index contributed by atoms with van der Waals surface area (Å²) in [5.74, 6) is -1.29. The van der Waals surface area contributed by atoms with Crippen LogP contribution >= 0.6 is 0 Å². The Morgan fingerprint density at radius 3 is 2.24 bits per heavy atom. The average molecular weight is 244 g/mol. The van der Waals surface area contributed by atoms with Crippen molar-refractivity contribution in [1.29, 1.82) is 0 Å². The smallest absolute Gasteiger partial charge is 0.326 e. The van der Waals surface area contributed by atoms with Crippen molar-refractivity contribution in [3.63, 3.8) is 0 Å². The maximum Gasteiger partial charge on any atom is 0.326 e. The van der Waals surface area contributed by atoms with Gasteiger partial charge in [-0.2, -0.15) is 0 Å². The van der Waals surface area contributed by atoms with Crippen LogP contribution in [0, 0.1) is 5.41 Å².